The van der Waals surface area contributed by atoms with Gasteiger partial charge in [-0.25, -0.2) is 10.4 Å². The number of hydrogen-bond acceptors (Lipinski definition) is 4. The number of alkyl halides is 3. The van der Waals surface area contributed by atoms with Gasteiger partial charge in [0.15, 0.2) is 0 Å². The molecule has 1 amide bonds. The molecule has 0 spiro atoms. The van der Waals surface area contributed by atoms with E-state index in [1.165, 1.54) is 6.07 Å². The van der Waals surface area contributed by atoms with Crippen LogP contribution in [0.1, 0.15) is 24.6 Å². The van der Waals surface area contributed by atoms with Gasteiger partial charge >= 0.3 is 6.18 Å². The van der Waals surface area contributed by atoms with Crippen molar-refractivity contribution in [1.82, 2.24) is 10.4 Å². The summed E-state index contributed by atoms with van der Waals surface area (Å²) in [6, 6.07) is 9.51. The maximum atomic E-state index is 12.5. The van der Waals surface area contributed by atoms with Crippen molar-refractivity contribution >= 4 is 23.0 Å². The Bertz CT molecular complexity index is 798. The highest BCUT2D eigenvalue weighted by Crippen LogP contribution is 2.28. The number of carbonyl (C=O) groups excluding carboxylic acids is 1. The number of aromatic nitrogens is 1. The number of rotatable bonds is 3. The van der Waals surface area contributed by atoms with Crippen molar-refractivity contribution in [3.05, 3.63) is 53.9 Å². The van der Waals surface area contributed by atoms with Crippen molar-refractivity contribution in [3.63, 3.8) is 0 Å². The Morgan fingerprint density at radius 1 is 1.12 bits per heavy atom. The zero-order valence-corrected chi connectivity index (χ0v) is 13.3. The molecule has 25 heavy (non-hydrogen) atoms. The number of nitrogens with one attached hydrogen (secondary N) is 2. The number of benzene rings is 1. The first-order chi connectivity index (χ1) is 11.8. The molecule has 1 aliphatic rings. The topological polar surface area (TPSA) is 66.4 Å². The second-order valence-electron chi connectivity index (χ2n) is 5.77. The molecule has 5 nitrogen and oxygen atoms in total. The number of anilines is 2. The van der Waals surface area contributed by atoms with Crippen LogP contribution in [0.2, 0.25) is 0 Å². The van der Waals surface area contributed by atoms with Crippen LogP contribution in [0.15, 0.2) is 47.7 Å². The van der Waals surface area contributed by atoms with Gasteiger partial charge in [0, 0.05) is 18.0 Å². The summed E-state index contributed by atoms with van der Waals surface area (Å²) in [5, 5.41) is 7.08. The van der Waals surface area contributed by atoms with Crippen molar-refractivity contribution in [2.24, 2.45) is 11.0 Å². The van der Waals surface area contributed by atoms with Crippen LogP contribution in [0.25, 0.3) is 0 Å². The molecule has 130 valence electrons. The fourth-order valence-electron chi connectivity index (χ4n) is 2.53. The first kappa shape index (κ1) is 16.9. The fraction of sp³-hybridized carbons (Fsp3) is 0.235. The van der Waals surface area contributed by atoms with E-state index in [0.29, 0.717) is 17.8 Å². The van der Waals surface area contributed by atoms with E-state index in [1.54, 1.807) is 12.1 Å². The summed E-state index contributed by atoms with van der Waals surface area (Å²) in [4.78, 5) is 14.7. The van der Waals surface area contributed by atoms with Gasteiger partial charge in [0.1, 0.15) is 5.69 Å². The summed E-state index contributed by atoms with van der Waals surface area (Å²) in [6.45, 7) is 1.93. The lowest BCUT2D eigenvalue weighted by atomic mass is 9.94. The van der Waals surface area contributed by atoms with Crippen LogP contribution >= 0.6 is 0 Å². The lowest BCUT2D eigenvalue weighted by Crippen LogP contribution is -2.31. The van der Waals surface area contributed by atoms with Crippen LogP contribution in [0.4, 0.5) is 24.5 Å². The molecule has 0 bridgehead atoms. The van der Waals surface area contributed by atoms with Crippen molar-refractivity contribution in [1.29, 1.82) is 0 Å². The van der Waals surface area contributed by atoms with Gasteiger partial charge in [-0.15, -0.1) is 0 Å². The lowest BCUT2D eigenvalue weighted by Gasteiger charge is -2.19. The van der Waals surface area contributed by atoms with Gasteiger partial charge in [0.2, 0.25) is 5.91 Å². The molecule has 1 aromatic carbocycles. The van der Waals surface area contributed by atoms with E-state index in [0.717, 1.165) is 23.5 Å². The molecule has 3 rings (SSSR count). The van der Waals surface area contributed by atoms with Crippen LogP contribution in [-0.4, -0.2) is 16.6 Å². The molecule has 0 fully saturated rings. The van der Waals surface area contributed by atoms with Gasteiger partial charge < -0.3 is 5.32 Å². The summed E-state index contributed by atoms with van der Waals surface area (Å²) >= 11 is 0. The monoisotopic (exact) mass is 348 g/mol. The minimum absolute atomic E-state index is 0.0201. The molecule has 2 heterocycles. The summed E-state index contributed by atoms with van der Waals surface area (Å²) in [5.74, 6) is -0.0870. The van der Waals surface area contributed by atoms with E-state index in [2.05, 4.69) is 20.8 Å². The average molecular weight is 348 g/mol. The molecule has 0 unspecified atom stereocenters. The van der Waals surface area contributed by atoms with E-state index in [1.807, 2.05) is 19.1 Å². The number of carbonyl (C=O) groups is 1. The molecule has 8 heteroatoms. The Kier molecular flexibility index (Phi) is 4.43. The molecule has 1 atom stereocenters. The van der Waals surface area contributed by atoms with Gasteiger partial charge in [-0.2, -0.15) is 18.3 Å². The molecular formula is C17H15F3N4O. The summed E-state index contributed by atoms with van der Waals surface area (Å²) < 4.78 is 37.5. The van der Waals surface area contributed by atoms with Gasteiger partial charge in [-0.1, -0.05) is 19.1 Å². The number of hydrogen-bond donors (Lipinski definition) is 2. The number of amides is 1. The third kappa shape index (κ3) is 3.96. The summed E-state index contributed by atoms with van der Waals surface area (Å²) in [5.41, 5.74) is 4.37. The van der Waals surface area contributed by atoms with E-state index >= 15 is 0 Å². The highest BCUT2D eigenvalue weighted by atomic mass is 19.4. The minimum atomic E-state index is -4.45. The first-order valence-corrected chi connectivity index (χ1v) is 7.60. The molecule has 1 aromatic heterocycles. The quantitative estimate of drug-likeness (QED) is 0.889. The van der Waals surface area contributed by atoms with Crippen LogP contribution in [-0.2, 0) is 11.0 Å². The highest BCUT2D eigenvalue weighted by molar-refractivity contribution is 6.05. The molecular weight excluding hydrogens is 333 g/mol. The lowest BCUT2D eigenvalue weighted by molar-refractivity contribution is -0.141. The number of hydrazone groups is 1. The average Bonchev–Trinajstić information content (AvgIpc) is 2.56. The molecule has 2 aromatic rings. The smallest absolute Gasteiger partial charge is 0.354 e. The standard InChI is InChI=1S/C17H15F3N4O/c1-10-8-15(25)23-24-16(10)11-2-4-12(5-3-11)22-13-6-7-14(21-9-13)17(18,19)20/h2-7,9-10,22H,8H2,1H3,(H,23,25)/t10-/m1/s1. The van der Waals surface area contributed by atoms with Crippen molar-refractivity contribution in [2.75, 3.05) is 5.32 Å². The largest absolute Gasteiger partial charge is 0.433 e. The van der Waals surface area contributed by atoms with E-state index in [9.17, 15) is 18.0 Å². The Hall–Kier alpha value is -2.90. The SMILES string of the molecule is C[C@@H]1CC(=O)NN=C1c1ccc(Nc2ccc(C(F)(F)F)nc2)cc1. The van der Waals surface area contributed by atoms with Gasteiger partial charge in [0.25, 0.3) is 0 Å². The zero-order valence-electron chi connectivity index (χ0n) is 13.3. The third-order valence-corrected chi connectivity index (χ3v) is 3.78. The van der Waals surface area contributed by atoms with E-state index in [4.69, 9.17) is 0 Å². The van der Waals surface area contributed by atoms with Crippen LogP contribution in [0, 0.1) is 5.92 Å². The molecule has 0 radical (unpaired) electrons. The normalized spacial score (nSPS) is 17.7. The predicted molar refractivity (Wildman–Crippen MR) is 87.4 cm³/mol. The number of nitrogens with zero attached hydrogens (tertiary/aromatic N) is 2. The molecule has 0 saturated heterocycles. The number of pyridine rings is 1. The van der Waals surface area contributed by atoms with Crippen molar-refractivity contribution < 1.29 is 18.0 Å². The van der Waals surface area contributed by atoms with E-state index in [-0.39, 0.29) is 11.8 Å². The zero-order chi connectivity index (χ0) is 18.0. The molecule has 0 saturated carbocycles. The third-order valence-electron chi connectivity index (χ3n) is 3.78. The molecule has 2 N–H and O–H groups in total. The minimum Gasteiger partial charge on any atom is -0.354 e. The van der Waals surface area contributed by atoms with Crippen molar-refractivity contribution in [2.45, 2.75) is 19.5 Å². The van der Waals surface area contributed by atoms with E-state index < -0.39 is 11.9 Å². The van der Waals surface area contributed by atoms with Gasteiger partial charge in [-0.05, 0) is 29.8 Å². The highest BCUT2D eigenvalue weighted by Gasteiger charge is 2.32. The Morgan fingerprint density at radius 3 is 2.36 bits per heavy atom. The Balaban J connectivity index is 1.72. The first-order valence-electron chi connectivity index (χ1n) is 7.60. The predicted octanol–water partition coefficient (Wildman–Crippen LogP) is 3.70. The van der Waals surface area contributed by atoms with Gasteiger partial charge in [0.05, 0.1) is 17.6 Å². The summed E-state index contributed by atoms with van der Waals surface area (Å²) in [7, 11) is 0. The van der Waals surface area contributed by atoms with Crippen LogP contribution in [0.3, 0.4) is 0 Å². The second kappa shape index (κ2) is 6.54. The van der Waals surface area contributed by atoms with Crippen LogP contribution < -0.4 is 10.7 Å². The van der Waals surface area contributed by atoms with Crippen LogP contribution in [0.5, 0.6) is 0 Å². The van der Waals surface area contributed by atoms with Crippen molar-refractivity contribution in [3.8, 4) is 0 Å². The molecule has 0 aliphatic carbocycles. The second-order valence-corrected chi connectivity index (χ2v) is 5.77. The van der Waals surface area contributed by atoms with Gasteiger partial charge in [-0.3, -0.25) is 4.79 Å². The Morgan fingerprint density at radius 2 is 1.80 bits per heavy atom. The maximum absolute atomic E-state index is 12.5. The maximum Gasteiger partial charge on any atom is 0.433 e. The number of halogens is 3. The fourth-order valence-corrected chi connectivity index (χ4v) is 2.53. The Labute approximate surface area is 142 Å². The summed E-state index contributed by atoms with van der Waals surface area (Å²) in [6.07, 6.45) is -2.93. The molecule has 1 aliphatic heterocycles.